The Kier molecular flexibility index (Phi) is 4.28. The van der Waals surface area contributed by atoms with Crippen LogP contribution in [0.1, 0.15) is 18.9 Å². The summed E-state index contributed by atoms with van der Waals surface area (Å²) >= 11 is 5.20. The van der Waals surface area contributed by atoms with E-state index in [1.165, 1.54) is 16.8 Å². The zero-order valence-corrected chi connectivity index (χ0v) is 15.5. The lowest BCUT2D eigenvalue weighted by Crippen LogP contribution is -2.21. The molecule has 0 radical (unpaired) electrons. The van der Waals surface area contributed by atoms with Gasteiger partial charge in [0.15, 0.2) is 0 Å². The van der Waals surface area contributed by atoms with Crippen LogP contribution < -0.4 is 9.04 Å². The molecule has 0 fully saturated rings. The number of fused-ring (bicyclic) bond motifs is 2. The molecule has 0 spiro atoms. The van der Waals surface area contributed by atoms with Gasteiger partial charge in [0, 0.05) is 21.4 Å². The zero-order chi connectivity index (χ0) is 16.7. The van der Waals surface area contributed by atoms with Crippen LogP contribution in [0.5, 0.6) is 5.75 Å². The summed E-state index contributed by atoms with van der Waals surface area (Å²) in [7, 11) is 0. The molecule has 3 heterocycles. The van der Waals surface area contributed by atoms with Crippen molar-refractivity contribution in [3.63, 3.8) is 0 Å². The lowest BCUT2D eigenvalue weighted by Gasteiger charge is -2.19. The van der Waals surface area contributed by atoms with Gasteiger partial charge in [-0.3, -0.25) is 4.31 Å². The molecule has 1 aromatic carbocycles. The van der Waals surface area contributed by atoms with Crippen molar-refractivity contribution in [3.8, 4) is 5.75 Å². The summed E-state index contributed by atoms with van der Waals surface area (Å²) < 4.78 is 10.8. The molecular weight excluding hydrogens is 392 g/mol. The van der Waals surface area contributed by atoms with Gasteiger partial charge in [0.25, 0.3) is 0 Å². The van der Waals surface area contributed by atoms with Gasteiger partial charge in [-0.1, -0.05) is 15.9 Å². The second-order valence-electron chi connectivity index (χ2n) is 5.86. The first-order valence-corrected chi connectivity index (χ1v) is 9.34. The van der Waals surface area contributed by atoms with Gasteiger partial charge in [0.2, 0.25) is 5.95 Å². The summed E-state index contributed by atoms with van der Waals surface area (Å²) in [5, 5.41) is 13.9. The van der Waals surface area contributed by atoms with Crippen molar-refractivity contribution in [2.75, 3.05) is 17.5 Å². The number of ether oxygens (including phenoxy) is 1. The van der Waals surface area contributed by atoms with Crippen LogP contribution in [0.4, 0.5) is 5.95 Å². The zero-order valence-electron chi connectivity index (χ0n) is 13.1. The average molecular weight is 409 g/mol. The van der Waals surface area contributed by atoms with Crippen LogP contribution in [0.3, 0.4) is 0 Å². The molecule has 126 valence electrons. The quantitative estimate of drug-likeness (QED) is 0.787. The fourth-order valence-electron chi connectivity index (χ4n) is 2.94. The summed E-state index contributed by atoms with van der Waals surface area (Å²) in [6.07, 6.45) is 1.96. The van der Waals surface area contributed by atoms with E-state index in [1.54, 1.807) is 23.6 Å². The van der Waals surface area contributed by atoms with Crippen LogP contribution in [0.2, 0.25) is 0 Å². The lowest BCUT2D eigenvalue weighted by molar-refractivity contribution is 0.169. The van der Waals surface area contributed by atoms with E-state index in [0.29, 0.717) is 13.2 Å². The summed E-state index contributed by atoms with van der Waals surface area (Å²) in [6, 6.07) is 6.17. The highest BCUT2D eigenvalue weighted by molar-refractivity contribution is 9.10. The predicted octanol–water partition coefficient (Wildman–Crippen LogP) is 3.08. The van der Waals surface area contributed by atoms with E-state index in [4.69, 9.17) is 4.74 Å². The Bertz CT molecular complexity index is 805. The van der Waals surface area contributed by atoms with E-state index in [2.05, 4.69) is 36.4 Å². The van der Waals surface area contributed by atoms with Crippen molar-refractivity contribution in [2.45, 2.75) is 26.0 Å². The number of anilines is 1. The first kappa shape index (κ1) is 16.0. The van der Waals surface area contributed by atoms with Crippen molar-refractivity contribution in [2.24, 2.45) is 0 Å². The fraction of sp³-hybridized carbons (Fsp3) is 0.375. The van der Waals surface area contributed by atoms with E-state index < -0.39 is 6.10 Å². The number of hydrogen-bond donors (Lipinski definition) is 1. The standard InChI is InChI=1S/C16H17BrN4O2S/c1-10(22)7-20-16(18-9-19-20)21-8-13-12-3-2-11(17)6-14(12)23-5-4-15(13)24-21/h2-3,6,9-10,22H,4-5,7-8H2,1H3. The minimum absolute atomic E-state index is 0.434. The first-order chi connectivity index (χ1) is 11.6. The third-order valence-electron chi connectivity index (χ3n) is 3.97. The van der Waals surface area contributed by atoms with E-state index in [9.17, 15) is 5.11 Å². The van der Waals surface area contributed by atoms with Crippen molar-refractivity contribution in [1.82, 2.24) is 14.8 Å². The number of rotatable bonds is 3. The van der Waals surface area contributed by atoms with Crippen molar-refractivity contribution in [1.29, 1.82) is 0 Å². The van der Waals surface area contributed by atoms with Gasteiger partial charge in [-0.25, -0.2) is 4.68 Å². The van der Waals surface area contributed by atoms with Crippen molar-refractivity contribution in [3.05, 3.63) is 39.5 Å². The molecule has 1 N–H and O–H groups in total. The maximum atomic E-state index is 9.65. The number of halogens is 1. The SMILES string of the molecule is CC(O)Cn1ncnc1N1CC2=C(CCOc3cc(Br)ccc32)S1. The summed E-state index contributed by atoms with van der Waals surface area (Å²) in [5.74, 6) is 1.69. The molecule has 0 saturated carbocycles. The van der Waals surface area contributed by atoms with Crippen LogP contribution in [-0.2, 0) is 6.54 Å². The molecule has 6 nitrogen and oxygen atoms in total. The molecule has 24 heavy (non-hydrogen) atoms. The van der Waals surface area contributed by atoms with Gasteiger partial charge in [0.1, 0.15) is 12.1 Å². The number of aliphatic hydroxyl groups is 1. The topological polar surface area (TPSA) is 63.4 Å². The molecule has 2 aliphatic heterocycles. The Morgan fingerprint density at radius 2 is 2.33 bits per heavy atom. The van der Waals surface area contributed by atoms with E-state index in [1.807, 2.05) is 12.1 Å². The third kappa shape index (κ3) is 2.94. The highest BCUT2D eigenvalue weighted by Crippen LogP contribution is 2.46. The minimum atomic E-state index is -0.463. The average Bonchev–Trinajstić information content (AvgIpc) is 3.10. The second kappa shape index (κ2) is 6.42. The minimum Gasteiger partial charge on any atom is -0.493 e. The van der Waals surface area contributed by atoms with E-state index in [-0.39, 0.29) is 0 Å². The molecule has 8 heteroatoms. The van der Waals surface area contributed by atoms with Gasteiger partial charge in [-0.15, -0.1) is 0 Å². The largest absolute Gasteiger partial charge is 0.493 e. The van der Waals surface area contributed by atoms with Crippen LogP contribution in [-0.4, -0.2) is 39.1 Å². The molecular formula is C16H17BrN4O2S. The molecule has 1 atom stereocenters. The summed E-state index contributed by atoms with van der Waals surface area (Å²) in [5.41, 5.74) is 2.42. The monoisotopic (exact) mass is 408 g/mol. The maximum Gasteiger partial charge on any atom is 0.234 e. The number of nitrogens with zero attached hydrogens (tertiary/aromatic N) is 4. The molecule has 0 amide bonds. The molecule has 1 aromatic heterocycles. The Labute approximate surface area is 152 Å². The van der Waals surface area contributed by atoms with Crippen LogP contribution >= 0.6 is 27.9 Å². The number of benzene rings is 1. The third-order valence-corrected chi connectivity index (χ3v) is 5.65. The number of aromatic nitrogens is 3. The van der Waals surface area contributed by atoms with Gasteiger partial charge in [0.05, 0.1) is 25.8 Å². The van der Waals surface area contributed by atoms with Gasteiger partial charge < -0.3 is 9.84 Å². The van der Waals surface area contributed by atoms with Crippen molar-refractivity contribution >= 4 is 39.4 Å². The second-order valence-corrected chi connectivity index (χ2v) is 7.89. The van der Waals surface area contributed by atoms with Gasteiger partial charge in [-0.2, -0.15) is 10.1 Å². The van der Waals surface area contributed by atoms with Gasteiger partial charge >= 0.3 is 0 Å². The summed E-state index contributed by atoms with van der Waals surface area (Å²) in [6.45, 7) is 3.60. The molecule has 0 saturated heterocycles. The predicted molar refractivity (Wildman–Crippen MR) is 97.8 cm³/mol. The Balaban J connectivity index is 1.64. The Morgan fingerprint density at radius 1 is 1.46 bits per heavy atom. The van der Waals surface area contributed by atoms with Gasteiger partial charge in [-0.05, 0) is 42.6 Å². The highest BCUT2D eigenvalue weighted by atomic mass is 79.9. The maximum absolute atomic E-state index is 9.65. The van der Waals surface area contributed by atoms with Crippen LogP contribution in [0, 0.1) is 0 Å². The number of aliphatic hydroxyl groups excluding tert-OH is 1. The van der Waals surface area contributed by atoms with E-state index in [0.717, 1.165) is 34.7 Å². The molecule has 1 unspecified atom stereocenters. The Hall–Kier alpha value is -1.51. The molecule has 0 aliphatic carbocycles. The van der Waals surface area contributed by atoms with Crippen LogP contribution in [0.15, 0.2) is 33.9 Å². The smallest absolute Gasteiger partial charge is 0.234 e. The molecule has 4 rings (SSSR count). The fourth-order valence-corrected chi connectivity index (χ4v) is 4.43. The summed E-state index contributed by atoms with van der Waals surface area (Å²) in [4.78, 5) is 5.69. The van der Waals surface area contributed by atoms with Crippen LogP contribution in [0.25, 0.3) is 5.57 Å². The molecule has 0 bridgehead atoms. The number of hydrogen-bond acceptors (Lipinski definition) is 6. The molecule has 2 aliphatic rings. The first-order valence-electron chi connectivity index (χ1n) is 7.78. The Morgan fingerprint density at radius 3 is 3.17 bits per heavy atom. The van der Waals surface area contributed by atoms with Crippen molar-refractivity contribution < 1.29 is 9.84 Å². The highest BCUT2D eigenvalue weighted by Gasteiger charge is 2.30. The normalized spacial score (nSPS) is 18.0. The molecule has 2 aromatic rings. The van der Waals surface area contributed by atoms with E-state index >= 15 is 0 Å². The lowest BCUT2D eigenvalue weighted by atomic mass is 10.0.